The van der Waals surface area contributed by atoms with Gasteiger partial charge in [0.15, 0.2) is 0 Å². The first-order valence-corrected chi connectivity index (χ1v) is 5.41. The van der Waals surface area contributed by atoms with Gasteiger partial charge in [0.05, 0.1) is 0 Å². The summed E-state index contributed by atoms with van der Waals surface area (Å²) in [4.78, 5) is 11.4. The number of carbonyl (C=O) groups is 1. The van der Waals surface area contributed by atoms with Crippen LogP contribution in [0.5, 0.6) is 0 Å². The first-order chi connectivity index (χ1) is 6.83. The van der Waals surface area contributed by atoms with Crippen molar-refractivity contribution in [1.29, 1.82) is 0 Å². The van der Waals surface area contributed by atoms with Crippen LogP contribution in [-0.2, 0) is 4.79 Å². The molecule has 14 heavy (non-hydrogen) atoms. The topological polar surface area (TPSA) is 61.4 Å². The van der Waals surface area contributed by atoms with Crippen LogP contribution in [0, 0.1) is 5.92 Å². The average molecular weight is 200 g/mol. The van der Waals surface area contributed by atoms with E-state index in [1.165, 1.54) is 0 Å². The molecule has 1 rings (SSSR count). The summed E-state index contributed by atoms with van der Waals surface area (Å²) in [6.45, 7) is 2.82. The summed E-state index contributed by atoms with van der Waals surface area (Å²) in [6.07, 6.45) is 3.51. The molecule has 0 atom stereocenters. The summed E-state index contributed by atoms with van der Waals surface area (Å²) in [5.74, 6) is 0.677. The van der Waals surface area contributed by atoms with Gasteiger partial charge in [0.25, 0.3) is 0 Å². The fourth-order valence-electron chi connectivity index (χ4n) is 1.73. The summed E-state index contributed by atoms with van der Waals surface area (Å²) in [6, 6.07) is 0. The van der Waals surface area contributed by atoms with E-state index in [0.717, 1.165) is 25.9 Å². The van der Waals surface area contributed by atoms with Crippen LogP contribution in [0.3, 0.4) is 0 Å². The molecule has 0 unspecified atom stereocenters. The summed E-state index contributed by atoms with van der Waals surface area (Å²) >= 11 is 0. The standard InChI is InChI=1S/C10H20N2O2/c13-7-1-4-12-10(14)8-9-2-5-11-6-3-9/h9,11,13H,1-8H2,(H,12,14). The molecule has 1 aliphatic rings. The molecule has 1 aliphatic heterocycles. The number of hydrogen-bond acceptors (Lipinski definition) is 3. The van der Waals surface area contributed by atoms with Crippen molar-refractivity contribution < 1.29 is 9.90 Å². The van der Waals surface area contributed by atoms with Crippen molar-refractivity contribution in [1.82, 2.24) is 10.6 Å². The fourth-order valence-corrected chi connectivity index (χ4v) is 1.73. The van der Waals surface area contributed by atoms with Gasteiger partial charge < -0.3 is 15.7 Å². The second kappa shape index (κ2) is 6.79. The SMILES string of the molecule is O=C(CC1CCNCC1)NCCCO. The summed E-state index contributed by atoms with van der Waals surface area (Å²) in [5, 5.41) is 14.6. The lowest BCUT2D eigenvalue weighted by molar-refractivity contribution is -0.122. The van der Waals surface area contributed by atoms with Crippen molar-refractivity contribution in [2.45, 2.75) is 25.7 Å². The van der Waals surface area contributed by atoms with Crippen molar-refractivity contribution >= 4 is 5.91 Å². The van der Waals surface area contributed by atoms with Gasteiger partial charge in [-0.1, -0.05) is 0 Å². The van der Waals surface area contributed by atoms with E-state index in [-0.39, 0.29) is 12.5 Å². The molecule has 0 aromatic carbocycles. The van der Waals surface area contributed by atoms with Gasteiger partial charge in [0.2, 0.25) is 5.91 Å². The van der Waals surface area contributed by atoms with Gasteiger partial charge in [0, 0.05) is 19.6 Å². The van der Waals surface area contributed by atoms with Crippen molar-refractivity contribution in [2.24, 2.45) is 5.92 Å². The van der Waals surface area contributed by atoms with Gasteiger partial charge in [-0.25, -0.2) is 0 Å². The van der Waals surface area contributed by atoms with Crippen molar-refractivity contribution in [2.75, 3.05) is 26.2 Å². The van der Waals surface area contributed by atoms with Crippen LogP contribution < -0.4 is 10.6 Å². The van der Waals surface area contributed by atoms with Crippen molar-refractivity contribution in [3.8, 4) is 0 Å². The molecule has 1 saturated heterocycles. The van der Waals surface area contributed by atoms with Crippen LogP contribution in [0.4, 0.5) is 0 Å². The molecule has 1 heterocycles. The normalized spacial score (nSPS) is 18.1. The number of aliphatic hydroxyl groups excluding tert-OH is 1. The maximum Gasteiger partial charge on any atom is 0.220 e. The van der Waals surface area contributed by atoms with Crippen LogP contribution in [0.2, 0.25) is 0 Å². The van der Waals surface area contributed by atoms with E-state index in [1.54, 1.807) is 0 Å². The van der Waals surface area contributed by atoms with Crippen LogP contribution >= 0.6 is 0 Å². The molecule has 1 fully saturated rings. The quantitative estimate of drug-likeness (QED) is 0.542. The minimum Gasteiger partial charge on any atom is -0.396 e. The Balaban J connectivity index is 2.06. The molecular formula is C10H20N2O2. The van der Waals surface area contributed by atoms with Gasteiger partial charge in [-0.05, 0) is 38.3 Å². The number of amides is 1. The van der Waals surface area contributed by atoms with Crippen LogP contribution in [0.1, 0.15) is 25.7 Å². The number of hydrogen-bond donors (Lipinski definition) is 3. The Kier molecular flexibility index (Phi) is 5.56. The summed E-state index contributed by atoms with van der Waals surface area (Å²) in [5.41, 5.74) is 0. The van der Waals surface area contributed by atoms with Crippen molar-refractivity contribution in [3.63, 3.8) is 0 Å². The Morgan fingerprint density at radius 1 is 1.43 bits per heavy atom. The van der Waals surface area contributed by atoms with E-state index in [0.29, 0.717) is 25.3 Å². The predicted molar refractivity (Wildman–Crippen MR) is 54.9 cm³/mol. The Bertz CT molecular complexity index is 168. The molecule has 0 aliphatic carbocycles. The molecule has 82 valence electrons. The summed E-state index contributed by atoms with van der Waals surface area (Å²) in [7, 11) is 0. The smallest absolute Gasteiger partial charge is 0.220 e. The lowest BCUT2D eigenvalue weighted by Crippen LogP contribution is -2.32. The first-order valence-electron chi connectivity index (χ1n) is 5.41. The highest BCUT2D eigenvalue weighted by molar-refractivity contribution is 5.76. The van der Waals surface area contributed by atoms with Gasteiger partial charge in [-0.3, -0.25) is 4.79 Å². The fraction of sp³-hybridized carbons (Fsp3) is 0.900. The third-order valence-corrected chi connectivity index (χ3v) is 2.59. The van der Waals surface area contributed by atoms with Gasteiger partial charge >= 0.3 is 0 Å². The predicted octanol–water partition coefficient (Wildman–Crippen LogP) is -0.125. The summed E-state index contributed by atoms with van der Waals surface area (Å²) < 4.78 is 0. The van der Waals surface area contributed by atoms with E-state index in [1.807, 2.05) is 0 Å². The van der Waals surface area contributed by atoms with E-state index in [9.17, 15) is 4.79 Å². The molecule has 4 heteroatoms. The zero-order valence-corrected chi connectivity index (χ0v) is 8.59. The molecule has 4 nitrogen and oxygen atoms in total. The van der Waals surface area contributed by atoms with Crippen LogP contribution in [0.25, 0.3) is 0 Å². The lowest BCUT2D eigenvalue weighted by atomic mass is 9.94. The number of nitrogens with one attached hydrogen (secondary N) is 2. The third kappa shape index (κ3) is 4.58. The molecule has 0 bridgehead atoms. The van der Waals surface area contributed by atoms with E-state index < -0.39 is 0 Å². The number of rotatable bonds is 5. The van der Waals surface area contributed by atoms with Gasteiger partial charge in [-0.15, -0.1) is 0 Å². The van der Waals surface area contributed by atoms with Gasteiger partial charge in [0.1, 0.15) is 0 Å². The number of piperidine rings is 1. The number of aliphatic hydroxyl groups is 1. The van der Waals surface area contributed by atoms with Crippen LogP contribution in [-0.4, -0.2) is 37.3 Å². The zero-order valence-electron chi connectivity index (χ0n) is 8.59. The highest BCUT2D eigenvalue weighted by Crippen LogP contribution is 2.15. The van der Waals surface area contributed by atoms with Crippen molar-refractivity contribution in [3.05, 3.63) is 0 Å². The lowest BCUT2D eigenvalue weighted by Gasteiger charge is -2.21. The maximum absolute atomic E-state index is 11.4. The minimum absolute atomic E-state index is 0.130. The Morgan fingerprint density at radius 2 is 2.14 bits per heavy atom. The first kappa shape index (κ1) is 11.5. The molecule has 0 saturated carbocycles. The minimum atomic E-state index is 0.130. The Morgan fingerprint density at radius 3 is 2.79 bits per heavy atom. The molecule has 0 aromatic heterocycles. The Labute approximate surface area is 85.1 Å². The Hall–Kier alpha value is -0.610. The van der Waals surface area contributed by atoms with E-state index in [4.69, 9.17) is 5.11 Å². The second-order valence-corrected chi connectivity index (χ2v) is 3.82. The largest absolute Gasteiger partial charge is 0.396 e. The third-order valence-electron chi connectivity index (χ3n) is 2.59. The highest BCUT2D eigenvalue weighted by atomic mass is 16.3. The van der Waals surface area contributed by atoms with Gasteiger partial charge in [-0.2, -0.15) is 0 Å². The average Bonchev–Trinajstić information content (AvgIpc) is 2.20. The maximum atomic E-state index is 11.4. The molecule has 0 aromatic rings. The second-order valence-electron chi connectivity index (χ2n) is 3.82. The van der Waals surface area contributed by atoms with E-state index >= 15 is 0 Å². The molecule has 3 N–H and O–H groups in total. The molecule has 0 spiro atoms. The zero-order chi connectivity index (χ0) is 10.2. The van der Waals surface area contributed by atoms with E-state index in [2.05, 4.69) is 10.6 Å². The number of carbonyl (C=O) groups excluding carboxylic acids is 1. The highest BCUT2D eigenvalue weighted by Gasteiger charge is 2.15. The molecular weight excluding hydrogens is 180 g/mol. The molecule has 1 amide bonds. The molecule has 0 radical (unpaired) electrons. The van der Waals surface area contributed by atoms with Crippen LogP contribution in [0.15, 0.2) is 0 Å². The monoisotopic (exact) mass is 200 g/mol.